The number of ether oxygens (including phenoxy) is 2. The van der Waals surface area contributed by atoms with Gasteiger partial charge in [-0.15, -0.1) is 0 Å². The molecule has 1 N–H and O–H groups in total. The number of aliphatic carboxylic acids is 1. The van der Waals surface area contributed by atoms with E-state index in [1.165, 1.54) is 16.0 Å². The van der Waals surface area contributed by atoms with Crippen LogP contribution in [0.3, 0.4) is 0 Å². The molecule has 31 heavy (non-hydrogen) atoms. The van der Waals surface area contributed by atoms with Gasteiger partial charge in [0.2, 0.25) is 0 Å². The number of piperidine rings is 1. The van der Waals surface area contributed by atoms with Gasteiger partial charge in [0.15, 0.2) is 0 Å². The normalized spacial score (nSPS) is 22.1. The van der Waals surface area contributed by atoms with Crippen molar-refractivity contribution in [2.45, 2.75) is 37.6 Å². The maximum Gasteiger partial charge on any atom is 0.410 e. The van der Waals surface area contributed by atoms with Crippen LogP contribution in [0.4, 0.5) is 4.79 Å². The minimum atomic E-state index is -0.959. The van der Waals surface area contributed by atoms with Gasteiger partial charge in [0.05, 0.1) is 0 Å². The lowest BCUT2D eigenvalue weighted by Gasteiger charge is -2.46. The predicted molar refractivity (Wildman–Crippen MR) is 115 cm³/mol. The summed E-state index contributed by atoms with van der Waals surface area (Å²) < 4.78 is 11.2. The van der Waals surface area contributed by atoms with Crippen LogP contribution < -0.4 is 0 Å². The topological polar surface area (TPSA) is 76.1 Å². The third kappa shape index (κ3) is 3.59. The molecule has 6 nitrogen and oxygen atoms in total. The average Bonchev–Trinajstić information content (AvgIpc) is 3.12. The summed E-state index contributed by atoms with van der Waals surface area (Å²) in [6.45, 7) is 1.94. The highest BCUT2D eigenvalue weighted by Crippen LogP contribution is 2.45. The van der Waals surface area contributed by atoms with Crippen molar-refractivity contribution < 1.29 is 24.2 Å². The van der Waals surface area contributed by atoms with Gasteiger partial charge in [-0.25, -0.2) is 9.59 Å². The molecule has 0 aromatic heterocycles. The third-order valence-corrected chi connectivity index (χ3v) is 7.29. The number of carboxylic acids is 1. The quantitative estimate of drug-likeness (QED) is 0.801. The van der Waals surface area contributed by atoms with Crippen molar-refractivity contribution in [1.82, 2.24) is 4.90 Å². The number of fused-ring (bicyclic) bond motifs is 3. The molecule has 2 saturated heterocycles. The van der Waals surface area contributed by atoms with E-state index in [2.05, 4.69) is 24.3 Å². The van der Waals surface area contributed by atoms with Gasteiger partial charge in [0.25, 0.3) is 0 Å². The minimum absolute atomic E-state index is 0.0359. The smallest absolute Gasteiger partial charge is 0.410 e. The predicted octanol–water partition coefficient (Wildman–Crippen LogP) is 4.28. The highest BCUT2D eigenvalue weighted by molar-refractivity contribution is 5.81. The summed E-state index contributed by atoms with van der Waals surface area (Å²) in [6, 6.07) is 15.5. The second-order valence-corrected chi connectivity index (χ2v) is 8.92. The number of nitrogens with zero attached hydrogens (tertiary/aromatic N) is 1. The van der Waals surface area contributed by atoms with Crippen LogP contribution in [0.25, 0.3) is 11.1 Å². The molecular weight excluding hydrogens is 394 g/mol. The first-order chi connectivity index (χ1) is 15.1. The molecule has 1 aliphatic carbocycles. The van der Waals surface area contributed by atoms with Crippen LogP contribution in [0.15, 0.2) is 48.5 Å². The summed E-state index contributed by atoms with van der Waals surface area (Å²) >= 11 is 0. The number of benzene rings is 2. The van der Waals surface area contributed by atoms with E-state index in [-0.39, 0.29) is 17.9 Å². The second-order valence-electron chi connectivity index (χ2n) is 8.92. The molecule has 0 saturated carbocycles. The Labute approximate surface area is 181 Å². The van der Waals surface area contributed by atoms with Gasteiger partial charge in [-0.2, -0.15) is 0 Å². The molecule has 1 atom stereocenters. The number of likely N-dealkylation sites (tertiary alicyclic amines) is 1. The zero-order chi connectivity index (χ0) is 21.4. The molecule has 2 aliphatic heterocycles. The Kier molecular flexibility index (Phi) is 5.18. The Balaban J connectivity index is 1.31. The Hall–Kier alpha value is -2.86. The number of carboxylic acid groups (broad SMARTS) is 1. The maximum absolute atomic E-state index is 13.0. The van der Waals surface area contributed by atoms with Crippen molar-refractivity contribution in [2.75, 3.05) is 26.4 Å². The van der Waals surface area contributed by atoms with E-state index in [1.807, 2.05) is 24.3 Å². The first-order valence-electron chi connectivity index (χ1n) is 11.0. The summed E-state index contributed by atoms with van der Waals surface area (Å²) in [5.41, 5.74) is 4.59. The van der Waals surface area contributed by atoms with Crippen molar-refractivity contribution in [1.29, 1.82) is 0 Å². The number of hydrogen-bond acceptors (Lipinski definition) is 4. The van der Waals surface area contributed by atoms with Crippen molar-refractivity contribution in [2.24, 2.45) is 5.41 Å². The molecule has 1 unspecified atom stereocenters. The van der Waals surface area contributed by atoms with E-state index in [9.17, 15) is 14.7 Å². The van der Waals surface area contributed by atoms with E-state index in [4.69, 9.17) is 9.47 Å². The molecule has 0 radical (unpaired) electrons. The number of amides is 1. The molecule has 2 fully saturated rings. The van der Waals surface area contributed by atoms with E-state index >= 15 is 0 Å². The highest BCUT2D eigenvalue weighted by atomic mass is 16.6. The van der Waals surface area contributed by atoms with E-state index in [0.717, 1.165) is 30.4 Å². The molecule has 2 aromatic rings. The summed E-state index contributed by atoms with van der Waals surface area (Å²) in [6.07, 6.45) is 2.45. The zero-order valence-corrected chi connectivity index (χ0v) is 17.5. The second kappa shape index (κ2) is 8.00. The average molecular weight is 421 g/mol. The monoisotopic (exact) mass is 421 g/mol. The number of carbonyl (C=O) groups is 2. The SMILES string of the molecule is O=C(O)C1CC2(CCOCC2)CCN1C(=O)OCC1c2ccccc2-c2ccccc21. The van der Waals surface area contributed by atoms with Gasteiger partial charge < -0.3 is 14.6 Å². The Morgan fingerprint density at radius 1 is 1.00 bits per heavy atom. The van der Waals surface area contributed by atoms with E-state index in [1.54, 1.807) is 0 Å². The van der Waals surface area contributed by atoms with Gasteiger partial charge in [0, 0.05) is 25.7 Å². The van der Waals surface area contributed by atoms with Gasteiger partial charge >= 0.3 is 12.1 Å². The van der Waals surface area contributed by atoms with Gasteiger partial charge in [-0.05, 0) is 53.4 Å². The van der Waals surface area contributed by atoms with Crippen LogP contribution >= 0.6 is 0 Å². The van der Waals surface area contributed by atoms with Crippen molar-refractivity contribution in [3.63, 3.8) is 0 Å². The van der Waals surface area contributed by atoms with Crippen molar-refractivity contribution in [3.05, 3.63) is 59.7 Å². The standard InChI is InChI=1S/C25H27NO5/c27-23(28)22-15-25(10-13-30-14-11-25)9-12-26(22)24(29)31-16-21-19-7-3-1-5-17(19)18-6-2-4-8-20(18)21/h1-8,21-22H,9-16H2,(H,27,28). The molecular formula is C25H27NO5. The molecule has 6 heteroatoms. The van der Waals surface area contributed by atoms with Crippen LogP contribution in [0.1, 0.15) is 42.7 Å². The molecule has 1 spiro atoms. The summed E-state index contributed by atoms with van der Waals surface area (Å²) in [4.78, 5) is 26.4. The van der Waals surface area contributed by atoms with E-state index in [0.29, 0.717) is 26.2 Å². The molecule has 2 aromatic carbocycles. The fraction of sp³-hybridized carbons (Fsp3) is 0.440. The molecule has 2 heterocycles. The lowest BCUT2D eigenvalue weighted by atomic mass is 9.70. The third-order valence-electron chi connectivity index (χ3n) is 7.29. The fourth-order valence-corrected chi connectivity index (χ4v) is 5.51. The maximum atomic E-state index is 13.0. The number of carbonyl (C=O) groups excluding carboxylic acids is 1. The Morgan fingerprint density at radius 2 is 1.61 bits per heavy atom. The van der Waals surface area contributed by atoms with Crippen LogP contribution in [-0.2, 0) is 14.3 Å². The Bertz CT molecular complexity index is 951. The highest BCUT2D eigenvalue weighted by Gasteiger charge is 2.45. The first kappa shape index (κ1) is 20.1. The van der Waals surface area contributed by atoms with Crippen LogP contribution in [0, 0.1) is 5.41 Å². The molecule has 1 amide bonds. The lowest BCUT2D eigenvalue weighted by Crippen LogP contribution is -2.54. The Morgan fingerprint density at radius 3 is 2.23 bits per heavy atom. The van der Waals surface area contributed by atoms with Crippen molar-refractivity contribution in [3.8, 4) is 11.1 Å². The summed E-state index contributed by atoms with van der Waals surface area (Å²) in [5, 5.41) is 9.83. The molecule has 162 valence electrons. The van der Waals surface area contributed by atoms with E-state index < -0.39 is 18.1 Å². The van der Waals surface area contributed by atoms with Crippen LogP contribution in [0.2, 0.25) is 0 Å². The van der Waals surface area contributed by atoms with Crippen molar-refractivity contribution >= 4 is 12.1 Å². The summed E-state index contributed by atoms with van der Waals surface area (Å²) in [7, 11) is 0. The number of hydrogen-bond donors (Lipinski definition) is 1. The van der Waals surface area contributed by atoms with Gasteiger partial charge in [-0.3, -0.25) is 4.90 Å². The zero-order valence-electron chi connectivity index (χ0n) is 17.5. The van der Waals surface area contributed by atoms with Gasteiger partial charge in [-0.1, -0.05) is 48.5 Å². The van der Waals surface area contributed by atoms with Crippen LogP contribution in [-0.4, -0.2) is 54.5 Å². The number of rotatable bonds is 3. The first-order valence-corrected chi connectivity index (χ1v) is 11.0. The lowest BCUT2D eigenvalue weighted by molar-refractivity contribution is -0.148. The fourth-order valence-electron chi connectivity index (χ4n) is 5.51. The molecule has 5 rings (SSSR count). The van der Waals surface area contributed by atoms with Crippen LogP contribution in [0.5, 0.6) is 0 Å². The molecule has 0 bridgehead atoms. The van der Waals surface area contributed by atoms with Gasteiger partial charge in [0.1, 0.15) is 12.6 Å². The molecule has 3 aliphatic rings. The largest absolute Gasteiger partial charge is 0.480 e. The minimum Gasteiger partial charge on any atom is -0.480 e. The summed E-state index contributed by atoms with van der Waals surface area (Å²) in [5.74, 6) is -0.995.